The van der Waals surface area contributed by atoms with Crippen molar-refractivity contribution in [3.8, 4) is 0 Å². The highest BCUT2D eigenvalue weighted by atomic mass is 35.5. The molecule has 0 bridgehead atoms. The molecule has 11 heteroatoms. The smallest absolute Gasteiger partial charge is 0.328 e. The molecule has 1 aromatic carbocycles. The summed E-state index contributed by atoms with van der Waals surface area (Å²) < 4.78 is 51.1. The second-order valence-corrected chi connectivity index (χ2v) is 5.70. The average molecular weight is 381 g/mol. The molecule has 1 atom stereocenters. The van der Waals surface area contributed by atoms with Crippen molar-refractivity contribution in [2.75, 3.05) is 6.54 Å². The van der Waals surface area contributed by atoms with Gasteiger partial charge in [-0.25, -0.2) is 4.39 Å². The molecule has 0 aliphatic carbocycles. The molecule has 1 N–H and O–H groups in total. The normalized spacial score (nSPS) is 22.7. The van der Waals surface area contributed by atoms with Crippen LogP contribution in [-0.2, 0) is 0 Å². The van der Waals surface area contributed by atoms with E-state index in [4.69, 9.17) is 23.4 Å². The van der Waals surface area contributed by atoms with Crippen LogP contribution < -0.4 is 5.32 Å². The Morgan fingerprint density at radius 3 is 2.67 bits per heavy atom. The largest absolute Gasteiger partial charge is 0.405 e. The number of nitrogens with one attached hydrogen (secondary N) is 1. The topological polar surface area (TPSA) is 49.1 Å². The molecule has 1 unspecified atom stereocenters. The molecule has 0 amide bonds. The van der Waals surface area contributed by atoms with Gasteiger partial charge in [-0.05, 0) is 17.2 Å². The van der Waals surface area contributed by atoms with Crippen molar-refractivity contribution in [3.63, 3.8) is 0 Å². The van der Waals surface area contributed by atoms with Gasteiger partial charge in [0.25, 0.3) is 5.82 Å². The van der Waals surface area contributed by atoms with E-state index in [-0.39, 0.29) is 27.9 Å². The molecular formula is C13H8Cl2F4N5+. The Labute approximate surface area is 143 Å². The fourth-order valence-corrected chi connectivity index (χ4v) is 2.75. The van der Waals surface area contributed by atoms with Gasteiger partial charge >= 0.3 is 12.1 Å². The van der Waals surface area contributed by atoms with Gasteiger partial charge in [-0.2, -0.15) is 23.2 Å². The van der Waals surface area contributed by atoms with E-state index in [0.717, 1.165) is 18.6 Å². The van der Waals surface area contributed by atoms with Crippen molar-refractivity contribution in [1.82, 2.24) is 5.32 Å². The Bertz CT molecular complexity index is 795. The van der Waals surface area contributed by atoms with Gasteiger partial charge in [0.2, 0.25) is 11.8 Å². The van der Waals surface area contributed by atoms with Crippen molar-refractivity contribution in [2.24, 2.45) is 15.1 Å². The molecule has 2 aliphatic rings. The average Bonchev–Trinajstić information content (AvgIpc) is 2.86. The van der Waals surface area contributed by atoms with Gasteiger partial charge < -0.3 is 5.32 Å². The number of aliphatic imine (C=N–C) groups is 2. The quantitative estimate of drug-likeness (QED) is 0.631. The van der Waals surface area contributed by atoms with Gasteiger partial charge in [0.1, 0.15) is 12.4 Å². The van der Waals surface area contributed by atoms with Crippen LogP contribution in [0.4, 0.5) is 17.6 Å². The molecule has 5 nitrogen and oxygen atoms in total. The summed E-state index contributed by atoms with van der Waals surface area (Å²) in [5.41, 5.74) is -0.178. The predicted octanol–water partition coefficient (Wildman–Crippen LogP) is 3.67. The molecule has 1 aromatic rings. The standard InChI is InChI=1S/C13H8Cl2F4N5/c14-8-2-1-3-9(16)10(8)7-4-20-12-22-6-23-24(12,15)11(7)21-5-13(17,18)19/h1-4,6,21H,5H2/q+1. The van der Waals surface area contributed by atoms with Crippen molar-refractivity contribution < 1.29 is 21.7 Å². The Balaban J connectivity index is 2.17. The van der Waals surface area contributed by atoms with E-state index < -0.39 is 22.6 Å². The lowest BCUT2D eigenvalue weighted by Gasteiger charge is -2.25. The van der Waals surface area contributed by atoms with E-state index in [1.165, 1.54) is 12.1 Å². The summed E-state index contributed by atoms with van der Waals surface area (Å²) in [6.45, 7) is -1.40. The maximum atomic E-state index is 14.2. The first-order valence-corrected chi connectivity index (χ1v) is 7.19. The van der Waals surface area contributed by atoms with Crippen LogP contribution in [0.25, 0.3) is 5.57 Å². The molecule has 0 saturated heterocycles. The Morgan fingerprint density at radius 2 is 2.00 bits per heavy atom. The van der Waals surface area contributed by atoms with Crippen LogP contribution in [0, 0.1) is 5.82 Å². The molecular weight excluding hydrogens is 373 g/mol. The third kappa shape index (κ3) is 2.90. The molecule has 3 rings (SSSR count). The van der Waals surface area contributed by atoms with E-state index in [1.54, 1.807) is 0 Å². The lowest BCUT2D eigenvalue weighted by atomic mass is 10.0. The zero-order valence-corrected chi connectivity index (χ0v) is 13.2. The number of quaternary nitrogens is 1. The van der Waals surface area contributed by atoms with Gasteiger partial charge in [-0.15, -0.1) is 0 Å². The highest BCUT2D eigenvalue weighted by Gasteiger charge is 2.49. The zero-order valence-electron chi connectivity index (χ0n) is 11.7. The van der Waals surface area contributed by atoms with Crippen LogP contribution in [0.3, 0.4) is 0 Å². The van der Waals surface area contributed by atoms with E-state index in [2.05, 4.69) is 20.4 Å². The molecule has 0 radical (unpaired) electrons. The number of allylic oxidation sites excluding steroid dienone is 1. The van der Waals surface area contributed by atoms with Crippen molar-refractivity contribution in [2.45, 2.75) is 6.18 Å². The first-order chi connectivity index (χ1) is 11.2. The number of nitrogens with zero attached hydrogens (tertiary/aromatic N) is 4. The van der Waals surface area contributed by atoms with Crippen LogP contribution in [0.15, 0.2) is 39.1 Å². The fourth-order valence-electron chi connectivity index (χ4n) is 2.21. The van der Waals surface area contributed by atoms with Crippen molar-refractivity contribution in [1.29, 1.82) is 0 Å². The molecule has 2 aliphatic heterocycles. The third-order valence-corrected chi connectivity index (χ3v) is 3.92. The van der Waals surface area contributed by atoms with Gasteiger partial charge in [0, 0.05) is 9.67 Å². The summed E-state index contributed by atoms with van der Waals surface area (Å²) in [4.78, 5) is 7.72. The van der Waals surface area contributed by atoms with Gasteiger partial charge in [-0.3, -0.25) is 0 Å². The number of benzene rings is 1. The van der Waals surface area contributed by atoms with Gasteiger partial charge in [0.05, 0.1) is 16.8 Å². The minimum Gasteiger partial charge on any atom is -0.328 e. The molecule has 0 fully saturated rings. The maximum Gasteiger partial charge on any atom is 0.405 e. The first kappa shape index (κ1) is 16.9. The predicted molar refractivity (Wildman–Crippen MR) is 82.9 cm³/mol. The fraction of sp³-hybridized carbons (Fsp3) is 0.154. The summed E-state index contributed by atoms with van der Waals surface area (Å²) in [5.74, 6) is -1.05. The monoisotopic (exact) mass is 380 g/mol. The van der Waals surface area contributed by atoms with Crippen LogP contribution >= 0.6 is 23.4 Å². The summed E-state index contributed by atoms with van der Waals surface area (Å²) >= 11 is 12.3. The van der Waals surface area contributed by atoms with Crippen LogP contribution in [-0.4, -0.2) is 35.3 Å². The second kappa shape index (κ2) is 5.83. The molecule has 0 aromatic heterocycles. The van der Waals surface area contributed by atoms with Crippen molar-refractivity contribution in [3.05, 3.63) is 40.4 Å². The Hall–Kier alpha value is -1.97. The highest BCUT2D eigenvalue weighted by molar-refractivity contribution is 6.34. The Morgan fingerprint density at radius 1 is 1.25 bits per heavy atom. The van der Waals surface area contributed by atoms with Gasteiger partial charge in [-0.1, -0.05) is 17.7 Å². The molecule has 0 spiro atoms. The summed E-state index contributed by atoms with van der Waals surface area (Å²) in [6.07, 6.45) is -2.32. The van der Waals surface area contributed by atoms with Gasteiger partial charge in [0.15, 0.2) is 6.34 Å². The van der Waals surface area contributed by atoms with Crippen molar-refractivity contribution >= 4 is 47.5 Å². The molecule has 2 heterocycles. The molecule has 126 valence electrons. The minimum atomic E-state index is -4.53. The highest BCUT2D eigenvalue weighted by Crippen LogP contribution is 2.37. The van der Waals surface area contributed by atoms with E-state index in [0.29, 0.717) is 0 Å². The summed E-state index contributed by atoms with van der Waals surface area (Å²) in [6, 6.07) is 3.90. The van der Waals surface area contributed by atoms with E-state index in [1.807, 2.05) is 0 Å². The maximum absolute atomic E-state index is 14.2. The van der Waals surface area contributed by atoms with Crippen LogP contribution in [0.1, 0.15) is 5.56 Å². The number of rotatable bonds is 3. The van der Waals surface area contributed by atoms with E-state index in [9.17, 15) is 17.6 Å². The van der Waals surface area contributed by atoms with E-state index >= 15 is 0 Å². The lowest BCUT2D eigenvalue weighted by molar-refractivity contribution is -0.684. The number of halogens is 6. The minimum absolute atomic E-state index is 0.00501. The molecule has 24 heavy (non-hydrogen) atoms. The zero-order chi connectivity index (χ0) is 17.5. The Kier molecular flexibility index (Phi) is 4.10. The van der Waals surface area contributed by atoms with Crippen LogP contribution in [0.5, 0.6) is 0 Å². The number of hydrogen-bond donors (Lipinski definition) is 1. The SMILES string of the molecule is Fc1cccc(Cl)c1C1=C(NCC(F)(F)F)[N+]2(Cl)N=CN=C2N=C1. The number of alkyl halides is 3. The lowest BCUT2D eigenvalue weighted by Crippen LogP contribution is -2.46. The number of hydrogen-bond acceptors (Lipinski definition) is 4. The summed E-state index contributed by atoms with van der Waals surface area (Å²) in [5, 5.41) is 5.97. The van der Waals surface area contributed by atoms with Crippen LogP contribution in [0.2, 0.25) is 5.02 Å². The summed E-state index contributed by atoms with van der Waals surface area (Å²) in [7, 11) is 0. The number of guanidine groups is 1. The molecule has 0 saturated carbocycles. The number of fused-ring (bicyclic) bond motifs is 1. The first-order valence-electron chi connectivity index (χ1n) is 6.47. The third-order valence-electron chi connectivity index (χ3n) is 3.20. The second-order valence-electron chi connectivity index (χ2n) is 4.80.